The Morgan fingerprint density at radius 2 is 2.33 bits per heavy atom. The minimum absolute atomic E-state index is 0.0487. The van der Waals surface area contributed by atoms with Crippen molar-refractivity contribution in [3.63, 3.8) is 0 Å². The maximum Gasteiger partial charge on any atom is 0.265 e. The van der Waals surface area contributed by atoms with E-state index in [-0.39, 0.29) is 4.90 Å². The zero-order chi connectivity index (χ0) is 17.2. The molecule has 1 unspecified atom stereocenters. The molecular weight excluding hydrogens is 334 g/mol. The summed E-state index contributed by atoms with van der Waals surface area (Å²) in [7, 11) is -2.24. The summed E-state index contributed by atoms with van der Waals surface area (Å²) in [5.74, 6) is 0.367. The lowest BCUT2D eigenvalue weighted by Crippen LogP contribution is -2.18. The van der Waals surface area contributed by atoms with Gasteiger partial charge < -0.3 is 14.6 Å². The summed E-state index contributed by atoms with van der Waals surface area (Å²) in [6.45, 7) is 1.23. The third kappa shape index (κ3) is 3.37. The molecule has 0 spiro atoms. The summed E-state index contributed by atoms with van der Waals surface area (Å²) in [5.41, 5.74) is 0.883. The van der Waals surface area contributed by atoms with Crippen LogP contribution >= 0.6 is 0 Å². The Labute approximate surface area is 140 Å². The number of hydrogen-bond acceptors (Lipinski definition) is 6. The Morgan fingerprint density at radius 3 is 3.12 bits per heavy atom. The number of fused-ring (bicyclic) bond motifs is 1. The molecule has 1 aromatic heterocycles. The van der Waals surface area contributed by atoms with Crippen LogP contribution in [0, 0.1) is 0 Å². The van der Waals surface area contributed by atoms with E-state index in [2.05, 4.69) is 9.82 Å². The van der Waals surface area contributed by atoms with Gasteiger partial charge in [0.1, 0.15) is 10.6 Å². The molecule has 24 heavy (non-hydrogen) atoms. The molecule has 130 valence electrons. The zero-order valence-electron chi connectivity index (χ0n) is 13.2. The molecule has 2 N–H and O–H groups in total. The molecule has 1 atom stereocenters. The van der Waals surface area contributed by atoms with E-state index >= 15 is 0 Å². The molecule has 0 radical (unpaired) electrons. The Hall–Kier alpha value is -2.10. The van der Waals surface area contributed by atoms with Gasteiger partial charge in [0.15, 0.2) is 0 Å². The molecule has 0 aliphatic carbocycles. The van der Waals surface area contributed by atoms with Gasteiger partial charge in [-0.1, -0.05) is 12.1 Å². The average molecular weight is 353 g/mol. The first-order valence-electron chi connectivity index (χ1n) is 7.49. The monoisotopic (exact) mass is 353 g/mol. The molecule has 1 aliphatic heterocycles. The van der Waals surface area contributed by atoms with Crippen LogP contribution in [0.25, 0.3) is 0 Å². The van der Waals surface area contributed by atoms with Gasteiger partial charge in [-0.3, -0.25) is 9.40 Å². The van der Waals surface area contributed by atoms with Crippen molar-refractivity contribution < 1.29 is 23.0 Å². The number of sulfonamides is 1. The van der Waals surface area contributed by atoms with Crippen molar-refractivity contribution in [2.24, 2.45) is 0 Å². The van der Waals surface area contributed by atoms with E-state index in [1.54, 1.807) is 25.3 Å². The third-order valence-corrected chi connectivity index (χ3v) is 5.05. The van der Waals surface area contributed by atoms with Crippen molar-refractivity contribution in [3.8, 4) is 5.75 Å². The second-order valence-corrected chi connectivity index (χ2v) is 7.10. The predicted octanol–water partition coefficient (Wildman–Crippen LogP) is 1.15. The Balaban J connectivity index is 1.85. The van der Waals surface area contributed by atoms with Crippen LogP contribution < -0.4 is 9.46 Å². The number of rotatable bonds is 6. The third-order valence-electron chi connectivity index (χ3n) is 3.73. The van der Waals surface area contributed by atoms with Crippen molar-refractivity contribution in [1.82, 2.24) is 9.78 Å². The largest absolute Gasteiger partial charge is 0.491 e. The second kappa shape index (κ2) is 6.80. The minimum atomic E-state index is -3.80. The normalized spacial score (nSPS) is 17.2. The van der Waals surface area contributed by atoms with Crippen LogP contribution in [0.15, 0.2) is 35.5 Å². The number of para-hydroxylation sites is 1. The number of aliphatic hydroxyl groups excluding tert-OH is 1. The summed E-state index contributed by atoms with van der Waals surface area (Å²) in [6, 6.07) is 5.00. The molecule has 3 rings (SSSR count). The number of ether oxygens (including phenoxy) is 2. The van der Waals surface area contributed by atoms with Crippen LogP contribution in [0.3, 0.4) is 0 Å². The van der Waals surface area contributed by atoms with Crippen molar-refractivity contribution in [1.29, 1.82) is 0 Å². The van der Waals surface area contributed by atoms with Crippen LogP contribution in [0.4, 0.5) is 5.69 Å². The molecule has 2 heterocycles. The van der Waals surface area contributed by atoms with E-state index in [0.29, 0.717) is 43.2 Å². The number of hydrogen-bond donors (Lipinski definition) is 2. The molecule has 0 amide bonds. The van der Waals surface area contributed by atoms with Crippen LogP contribution in [-0.4, -0.2) is 43.6 Å². The fraction of sp³-hybridized carbons (Fsp3) is 0.400. The molecule has 1 aliphatic rings. The first-order valence-corrected chi connectivity index (χ1v) is 8.97. The number of nitrogens with zero attached hydrogens (tertiary/aromatic N) is 2. The van der Waals surface area contributed by atoms with Crippen LogP contribution in [0.2, 0.25) is 0 Å². The number of aliphatic hydroxyl groups is 1. The van der Waals surface area contributed by atoms with Gasteiger partial charge >= 0.3 is 0 Å². The standard InChI is InChI=1S/C15H19N3O5S/c1-22-8-6-18-10-11(9-16-18)24(20,21)17-13-4-2-3-12-14(19)5-7-23-15(12)13/h2-4,9-10,14,17,19H,5-8H2,1H3. The van der Waals surface area contributed by atoms with E-state index in [1.807, 2.05) is 0 Å². The highest BCUT2D eigenvalue weighted by Crippen LogP contribution is 2.38. The van der Waals surface area contributed by atoms with Crippen LogP contribution in [0.1, 0.15) is 18.1 Å². The van der Waals surface area contributed by atoms with Gasteiger partial charge in [-0.05, 0) is 6.07 Å². The van der Waals surface area contributed by atoms with E-state index in [9.17, 15) is 13.5 Å². The fourth-order valence-corrected chi connectivity index (χ4v) is 3.50. The maximum atomic E-state index is 12.5. The van der Waals surface area contributed by atoms with Crippen molar-refractivity contribution >= 4 is 15.7 Å². The summed E-state index contributed by atoms with van der Waals surface area (Å²) in [5, 5.41) is 14.0. The van der Waals surface area contributed by atoms with Gasteiger partial charge in [0.2, 0.25) is 0 Å². The zero-order valence-corrected chi connectivity index (χ0v) is 14.0. The van der Waals surface area contributed by atoms with Crippen molar-refractivity contribution in [2.75, 3.05) is 25.0 Å². The van der Waals surface area contributed by atoms with Gasteiger partial charge in [0.25, 0.3) is 10.0 Å². The lowest BCUT2D eigenvalue weighted by atomic mass is 10.0. The number of nitrogens with one attached hydrogen (secondary N) is 1. The van der Waals surface area contributed by atoms with Gasteiger partial charge in [-0.2, -0.15) is 5.10 Å². The van der Waals surface area contributed by atoms with E-state index in [1.165, 1.54) is 17.1 Å². The van der Waals surface area contributed by atoms with E-state index in [4.69, 9.17) is 9.47 Å². The quantitative estimate of drug-likeness (QED) is 0.807. The summed E-state index contributed by atoms with van der Waals surface area (Å²) in [6.07, 6.45) is 2.54. The molecule has 0 bridgehead atoms. The first kappa shape index (κ1) is 16.7. The average Bonchev–Trinajstić information content (AvgIpc) is 3.03. The van der Waals surface area contributed by atoms with Crippen LogP contribution in [0.5, 0.6) is 5.75 Å². The summed E-state index contributed by atoms with van der Waals surface area (Å²) >= 11 is 0. The molecule has 1 aromatic carbocycles. The molecule has 0 saturated heterocycles. The summed E-state index contributed by atoms with van der Waals surface area (Å²) < 4.78 is 39.6. The molecule has 9 heteroatoms. The number of aromatic nitrogens is 2. The lowest BCUT2D eigenvalue weighted by molar-refractivity contribution is 0.116. The smallest absolute Gasteiger partial charge is 0.265 e. The van der Waals surface area contributed by atoms with Gasteiger partial charge in [0.05, 0.1) is 37.7 Å². The number of anilines is 1. The highest BCUT2D eigenvalue weighted by atomic mass is 32.2. The maximum absolute atomic E-state index is 12.5. The van der Waals surface area contributed by atoms with Gasteiger partial charge in [0, 0.05) is 25.3 Å². The fourth-order valence-electron chi connectivity index (χ4n) is 2.48. The SMILES string of the molecule is COCCn1cc(S(=O)(=O)Nc2cccc3c2OCCC3O)cn1. The van der Waals surface area contributed by atoms with Crippen molar-refractivity contribution in [2.45, 2.75) is 24.0 Å². The molecule has 0 fully saturated rings. The molecule has 8 nitrogen and oxygen atoms in total. The molecule has 0 saturated carbocycles. The topological polar surface area (TPSA) is 103 Å². The Kier molecular flexibility index (Phi) is 4.74. The highest BCUT2D eigenvalue weighted by Gasteiger charge is 2.25. The van der Waals surface area contributed by atoms with Crippen molar-refractivity contribution in [3.05, 3.63) is 36.2 Å². The first-order chi connectivity index (χ1) is 11.5. The van der Waals surface area contributed by atoms with E-state index < -0.39 is 16.1 Å². The second-order valence-electron chi connectivity index (χ2n) is 5.41. The molecule has 2 aromatic rings. The number of benzene rings is 1. The predicted molar refractivity (Wildman–Crippen MR) is 86.4 cm³/mol. The Morgan fingerprint density at radius 1 is 1.50 bits per heavy atom. The lowest BCUT2D eigenvalue weighted by Gasteiger charge is -2.24. The summed E-state index contributed by atoms with van der Waals surface area (Å²) in [4.78, 5) is 0.0487. The van der Waals surface area contributed by atoms with Gasteiger partial charge in [-0.15, -0.1) is 0 Å². The number of methoxy groups -OCH3 is 1. The van der Waals surface area contributed by atoms with Gasteiger partial charge in [-0.25, -0.2) is 8.42 Å². The highest BCUT2D eigenvalue weighted by molar-refractivity contribution is 7.92. The Bertz CT molecular complexity index is 818. The van der Waals surface area contributed by atoms with Crippen LogP contribution in [-0.2, 0) is 21.3 Å². The van der Waals surface area contributed by atoms with E-state index in [0.717, 1.165) is 0 Å². The minimum Gasteiger partial charge on any atom is -0.491 e. The molecular formula is C15H19N3O5S.